The average Bonchev–Trinajstić information content (AvgIpc) is 2.81. The van der Waals surface area contributed by atoms with Crippen LogP contribution in [0.1, 0.15) is 52.1 Å². The monoisotopic (exact) mass is 266 g/mol. The highest BCUT2D eigenvalue weighted by Gasteiger charge is 2.07. The molecule has 0 spiro atoms. The molecule has 0 aliphatic heterocycles. The molecule has 0 saturated heterocycles. The van der Waals surface area contributed by atoms with Gasteiger partial charge in [0, 0.05) is 0 Å². The summed E-state index contributed by atoms with van der Waals surface area (Å²) in [5, 5.41) is 3.41. The van der Waals surface area contributed by atoms with Gasteiger partial charge >= 0.3 is 0 Å². The van der Waals surface area contributed by atoms with Crippen LogP contribution >= 0.6 is 0 Å². The van der Waals surface area contributed by atoms with Gasteiger partial charge in [0.1, 0.15) is 11.5 Å². The van der Waals surface area contributed by atoms with E-state index in [0.29, 0.717) is 5.92 Å². The lowest BCUT2D eigenvalue weighted by atomic mass is 10.2. The fourth-order valence-electron chi connectivity index (χ4n) is 2.04. The Morgan fingerprint density at radius 2 is 1.95 bits per heavy atom. The largest absolute Gasteiger partial charge is 0.463 e. The van der Waals surface area contributed by atoms with E-state index in [1.54, 1.807) is 0 Å². The minimum Gasteiger partial charge on any atom is -0.463 e. The number of hydrogen-bond donors (Lipinski definition) is 1. The normalized spacial score (nSPS) is 11.7. The molecule has 0 aliphatic carbocycles. The van der Waals surface area contributed by atoms with Crippen molar-refractivity contribution in [1.29, 1.82) is 0 Å². The van der Waals surface area contributed by atoms with Gasteiger partial charge < -0.3 is 9.73 Å². The molecule has 1 aromatic rings. The topological polar surface area (TPSA) is 28.4 Å². The van der Waals surface area contributed by atoms with Crippen molar-refractivity contribution >= 4 is 0 Å². The van der Waals surface area contributed by atoms with Gasteiger partial charge in [0.05, 0.1) is 13.1 Å². The maximum atomic E-state index is 5.87. The molecule has 1 aromatic heterocycles. The summed E-state index contributed by atoms with van der Waals surface area (Å²) in [7, 11) is 0. The first kappa shape index (κ1) is 16.3. The number of nitrogens with zero attached hydrogens (tertiary/aromatic N) is 1. The van der Waals surface area contributed by atoms with E-state index >= 15 is 0 Å². The van der Waals surface area contributed by atoms with Gasteiger partial charge in [-0.2, -0.15) is 0 Å². The summed E-state index contributed by atoms with van der Waals surface area (Å²) in [6.45, 7) is 13.9. The van der Waals surface area contributed by atoms with E-state index in [9.17, 15) is 0 Å². The fraction of sp³-hybridized carbons (Fsp3) is 0.750. The van der Waals surface area contributed by atoms with Crippen LogP contribution in [0.4, 0.5) is 0 Å². The lowest BCUT2D eigenvalue weighted by molar-refractivity contribution is 0.249. The maximum absolute atomic E-state index is 5.87. The molecule has 0 saturated carbocycles. The Hall–Kier alpha value is -0.800. The maximum Gasteiger partial charge on any atom is 0.118 e. The van der Waals surface area contributed by atoms with E-state index in [1.165, 1.54) is 12.8 Å². The van der Waals surface area contributed by atoms with Crippen LogP contribution in [0.2, 0.25) is 0 Å². The van der Waals surface area contributed by atoms with Crippen molar-refractivity contribution in [1.82, 2.24) is 10.2 Å². The molecule has 0 atom stereocenters. The lowest BCUT2D eigenvalue weighted by Crippen LogP contribution is -2.23. The van der Waals surface area contributed by atoms with Crippen LogP contribution in [0.15, 0.2) is 16.5 Å². The first-order valence-electron chi connectivity index (χ1n) is 7.66. The van der Waals surface area contributed by atoms with Gasteiger partial charge in [-0.25, -0.2) is 0 Å². The third-order valence-electron chi connectivity index (χ3n) is 3.22. The molecule has 0 aliphatic rings. The van der Waals surface area contributed by atoms with Crippen molar-refractivity contribution in [3.05, 3.63) is 23.7 Å². The second-order valence-corrected chi connectivity index (χ2v) is 5.62. The van der Waals surface area contributed by atoms with Crippen LogP contribution in [0.5, 0.6) is 0 Å². The molecule has 0 unspecified atom stereocenters. The van der Waals surface area contributed by atoms with E-state index in [-0.39, 0.29) is 0 Å². The molecule has 3 nitrogen and oxygen atoms in total. The number of nitrogens with one attached hydrogen (secondary N) is 1. The Bertz CT molecular complexity index is 333. The minimum atomic E-state index is 0.680. The van der Waals surface area contributed by atoms with Gasteiger partial charge in [-0.15, -0.1) is 0 Å². The van der Waals surface area contributed by atoms with Crippen molar-refractivity contribution in [2.75, 3.05) is 19.6 Å². The predicted molar refractivity (Wildman–Crippen MR) is 81.1 cm³/mol. The molecule has 1 N–H and O–H groups in total. The summed E-state index contributed by atoms with van der Waals surface area (Å²) in [4.78, 5) is 2.44. The molecule has 110 valence electrons. The lowest BCUT2D eigenvalue weighted by Gasteiger charge is -2.18. The third-order valence-corrected chi connectivity index (χ3v) is 3.22. The molecular formula is C16H30N2O. The van der Waals surface area contributed by atoms with Crippen LogP contribution in [-0.4, -0.2) is 24.5 Å². The zero-order valence-corrected chi connectivity index (χ0v) is 13.0. The minimum absolute atomic E-state index is 0.680. The van der Waals surface area contributed by atoms with E-state index in [4.69, 9.17) is 4.42 Å². The first-order chi connectivity index (χ1) is 9.15. The van der Waals surface area contributed by atoms with E-state index in [2.05, 4.69) is 50.0 Å². The van der Waals surface area contributed by atoms with Gasteiger partial charge in [0.25, 0.3) is 0 Å². The summed E-state index contributed by atoms with van der Waals surface area (Å²) in [6.07, 6.45) is 2.51. The molecule has 0 fully saturated rings. The molecule has 1 rings (SSSR count). The fourth-order valence-corrected chi connectivity index (χ4v) is 2.04. The van der Waals surface area contributed by atoms with Crippen molar-refractivity contribution < 1.29 is 4.42 Å². The highest BCUT2D eigenvalue weighted by atomic mass is 16.3. The number of hydrogen-bond acceptors (Lipinski definition) is 3. The Morgan fingerprint density at radius 1 is 1.21 bits per heavy atom. The SMILES string of the molecule is CCCCN(CC)Cc1ccc(CNCC(C)C)o1. The zero-order chi connectivity index (χ0) is 14.1. The molecule has 0 aromatic carbocycles. The summed E-state index contributed by atoms with van der Waals surface area (Å²) >= 11 is 0. The average molecular weight is 266 g/mol. The van der Waals surface area contributed by atoms with Crippen molar-refractivity contribution in [3.63, 3.8) is 0 Å². The van der Waals surface area contributed by atoms with Crippen molar-refractivity contribution in [2.45, 2.75) is 53.6 Å². The van der Waals surface area contributed by atoms with Gasteiger partial charge in [-0.3, -0.25) is 4.90 Å². The van der Waals surface area contributed by atoms with E-state index in [0.717, 1.165) is 44.2 Å². The van der Waals surface area contributed by atoms with Crippen molar-refractivity contribution in [3.8, 4) is 0 Å². The van der Waals surface area contributed by atoms with Gasteiger partial charge in [-0.05, 0) is 44.1 Å². The molecule has 1 heterocycles. The number of furan rings is 1. The summed E-state index contributed by atoms with van der Waals surface area (Å²) in [6, 6.07) is 4.21. The predicted octanol–water partition coefficient (Wildman–Crippen LogP) is 3.65. The Kier molecular flexibility index (Phi) is 7.84. The van der Waals surface area contributed by atoms with Gasteiger partial charge in [0.15, 0.2) is 0 Å². The highest BCUT2D eigenvalue weighted by Crippen LogP contribution is 2.11. The van der Waals surface area contributed by atoms with Crippen LogP contribution in [-0.2, 0) is 13.1 Å². The number of rotatable bonds is 10. The van der Waals surface area contributed by atoms with Crippen LogP contribution in [0.25, 0.3) is 0 Å². The third kappa shape index (κ3) is 6.79. The Morgan fingerprint density at radius 3 is 2.58 bits per heavy atom. The molecular weight excluding hydrogens is 236 g/mol. The summed E-state index contributed by atoms with van der Waals surface area (Å²) < 4.78 is 5.87. The first-order valence-corrected chi connectivity index (χ1v) is 7.66. The van der Waals surface area contributed by atoms with E-state index < -0.39 is 0 Å². The van der Waals surface area contributed by atoms with Crippen LogP contribution in [0, 0.1) is 5.92 Å². The van der Waals surface area contributed by atoms with E-state index in [1.807, 2.05) is 0 Å². The standard InChI is InChI=1S/C16H30N2O/c1-5-7-10-18(6-2)13-16-9-8-15(19-16)12-17-11-14(3)4/h8-9,14,17H,5-7,10-13H2,1-4H3. The summed E-state index contributed by atoms with van der Waals surface area (Å²) in [5.41, 5.74) is 0. The molecule has 3 heteroatoms. The molecule has 0 amide bonds. The Balaban J connectivity index is 2.36. The van der Waals surface area contributed by atoms with Gasteiger partial charge in [0.2, 0.25) is 0 Å². The molecule has 0 radical (unpaired) electrons. The molecule has 0 bridgehead atoms. The second-order valence-electron chi connectivity index (χ2n) is 5.62. The highest BCUT2D eigenvalue weighted by molar-refractivity contribution is 5.07. The molecule has 19 heavy (non-hydrogen) atoms. The quantitative estimate of drug-likeness (QED) is 0.701. The second kappa shape index (κ2) is 9.16. The smallest absolute Gasteiger partial charge is 0.118 e. The summed E-state index contributed by atoms with van der Waals surface area (Å²) in [5.74, 6) is 2.81. The van der Waals surface area contributed by atoms with Crippen molar-refractivity contribution in [2.24, 2.45) is 5.92 Å². The Labute approximate surface area is 118 Å². The van der Waals surface area contributed by atoms with Gasteiger partial charge in [-0.1, -0.05) is 34.1 Å². The number of unbranched alkanes of at least 4 members (excludes halogenated alkanes) is 1. The zero-order valence-electron chi connectivity index (χ0n) is 13.0. The van der Waals surface area contributed by atoms with Crippen LogP contribution < -0.4 is 5.32 Å². The van der Waals surface area contributed by atoms with Crippen LogP contribution in [0.3, 0.4) is 0 Å².